The van der Waals surface area contributed by atoms with Gasteiger partial charge >= 0.3 is 12.1 Å². The maximum Gasteiger partial charge on any atom is 0.407 e. The highest BCUT2D eigenvalue weighted by molar-refractivity contribution is 5.85. The number of aliphatic carboxylic acids is 1. The van der Waals surface area contributed by atoms with Crippen LogP contribution in [0.4, 0.5) is 4.79 Å². The lowest BCUT2D eigenvalue weighted by Crippen LogP contribution is -2.45. The van der Waals surface area contributed by atoms with Crippen LogP contribution in [0.25, 0.3) is 11.1 Å². The molecule has 0 spiro atoms. The molecule has 2 aromatic carbocycles. The van der Waals surface area contributed by atoms with Crippen LogP contribution in [0.2, 0.25) is 0 Å². The molecule has 0 aromatic heterocycles. The number of rotatable bonds is 10. The van der Waals surface area contributed by atoms with Gasteiger partial charge in [-0.2, -0.15) is 0 Å². The quantitative estimate of drug-likeness (QED) is 0.498. The van der Waals surface area contributed by atoms with Crippen LogP contribution in [0, 0.1) is 5.41 Å². The molecule has 3 rings (SSSR count). The van der Waals surface area contributed by atoms with E-state index in [-0.39, 0.29) is 30.3 Å². The fourth-order valence-electron chi connectivity index (χ4n) is 4.13. The van der Waals surface area contributed by atoms with Gasteiger partial charge in [-0.3, -0.25) is 9.59 Å². The van der Waals surface area contributed by atoms with Crippen LogP contribution in [-0.4, -0.2) is 42.3 Å². The Hall–Kier alpha value is -3.35. The minimum Gasteiger partial charge on any atom is -0.481 e. The molecule has 1 aliphatic rings. The standard InChI is InChI=1S/C26H32N2O5/c1-17(24(31)27-15-14-26(2,3)13-12-23(29)30)28-25(32)33-16-22-20-10-6-4-8-18(20)19-9-5-7-11-21(19)22/h4-11,17,22H,12-16H2,1-3H3,(H,27,31)(H,28,32)(H,29,30)/t17-/m1/s1. The van der Waals surface area contributed by atoms with Gasteiger partial charge in [0.15, 0.2) is 0 Å². The molecule has 176 valence electrons. The Kier molecular flexibility index (Phi) is 7.74. The zero-order chi connectivity index (χ0) is 24.0. The van der Waals surface area contributed by atoms with Crippen LogP contribution in [0.1, 0.15) is 57.1 Å². The monoisotopic (exact) mass is 452 g/mol. The number of fused-ring (bicyclic) bond motifs is 3. The van der Waals surface area contributed by atoms with Crippen molar-refractivity contribution in [3.63, 3.8) is 0 Å². The largest absolute Gasteiger partial charge is 0.481 e. The first-order valence-electron chi connectivity index (χ1n) is 11.3. The third kappa shape index (κ3) is 6.34. The van der Waals surface area contributed by atoms with Gasteiger partial charge < -0.3 is 20.5 Å². The van der Waals surface area contributed by atoms with Crippen molar-refractivity contribution < 1.29 is 24.2 Å². The molecule has 0 radical (unpaired) electrons. The normalized spacial score (nSPS) is 13.5. The summed E-state index contributed by atoms with van der Waals surface area (Å²) < 4.78 is 5.49. The van der Waals surface area contributed by atoms with E-state index in [0.717, 1.165) is 22.3 Å². The Morgan fingerprint density at radius 3 is 2.15 bits per heavy atom. The van der Waals surface area contributed by atoms with Crippen molar-refractivity contribution in [2.45, 2.75) is 52.0 Å². The number of carbonyl (C=O) groups is 3. The fourth-order valence-corrected chi connectivity index (χ4v) is 4.13. The molecule has 0 saturated carbocycles. The van der Waals surface area contributed by atoms with Gasteiger partial charge in [0.1, 0.15) is 12.6 Å². The molecule has 2 aromatic rings. The number of benzene rings is 2. The van der Waals surface area contributed by atoms with E-state index >= 15 is 0 Å². The zero-order valence-electron chi connectivity index (χ0n) is 19.4. The number of amides is 2. The van der Waals surface area contributed by atoms with Crippen LogP contribution in [-0.2, 0) is 14.3 Å². The van der Waals surface area contributed by atoms with E-state index in [0.29, 0.717) is 19.4 Å². The highest BCUT2D eigenvalue weighted by Gasteiger charge is 2.29. The summed E-state index contributed by atoms with van der Waals surface area (Å²) >= 11 is 0. The summed E-state index contributed by atoms with van der Waals surface area (Å²) in [6.07, 6.45) is 0.636. The molecule has 1 atom stereocenters. The minimum atomic E-state index is -0.826. The summed E-state index contributed by atoms with van der Waals surface area (Å²) in [5, 5.41) is 14.2. The van der Waals surface area contributed by atoms with Gasteiger partial charge in [0.2, 0.25) is 5.91 Å². The molecule has 0 unspecified atom stereocenters. The Balaban J connectivity index is 1.46. The molecular weight excluding hydrogens is 420 g/mol. The van der Waals surface area contributed by atoms with E-state index < -0.39 is 18.1 Å². The number of hydrogen-bond acceptors (Lipinski definition) is 4. The van der Waals surface area contributed by atoms with Gasteiger partial charge in [0, 0.05) is 18.9 Å². The van der Waals surface area contributed by atoms with E-state index in [1.165, 1.54) is 0 Å². The summed E-state index contributed by atoms with van der Waals surface area (Å²) in [4.78, 5) is 35.5. The van der Waals surface area contributed by atoms with Crippen LogP contribution in [0.3, 0.4) is 0 Å². The van der Waals surface area contributed by atoms with Crippen molar-refractivity contribution in [3.8, 4) is 11.1 Å². The molecule has 1 aliphatic carbocycles. The lowest BCUT2D eigenvalue weighted by atomic mass is 9.84. The molecule has 0 heterocycles. The summed E-state index contributed by atoms with van der Waals surface area (Å²) in [5.74, 6) is -1.18. The number of carbonyl (C=O) groups excluding carboxylic acids is 2. The molecule has 33 heavy (non-hydrogen) atoms. The lowest BCUT2D eigenvalue weighted by Gasteiger charge is -2.24. The van der Waals surface area contributed by atoms with Gasteiger partial charge in [-0.25, -0.2) is 4.79 Å². The van der Waals surface area contributed by atoms with Crippen molar-refractivity contribution >= 4 is 18.0 Å². The number of nitrogens with one attached hydrogen (secondary N) is 2. The van der Waals surface area contributed by atoms with E-state index in [1.807, 2.05) is 38.1 Å². The first-order chi connectivity index (χ1) is 15.7. The summed E-state index contributed by atoms with van der Waals surface area (Å²) in [6, 6.07) is 15.5. The topological polar surface area (TPSA) is 105 Å². The average molecular weight is 453 g/mol. The third-order valence-electron chi connectivity index (χ3n) is 6.19. The number of hydrogen-bond donors (Lipinski definition) is 3. The van der Waals surface area contributed by atoms with Crippen LogP contribution in [0.5, 0.6) is 0 Å². The number of carboxylic acid groups (broad SMARTS) is 1. The van der Waals surface area contributed by atoms with Crippen molar-refractivity contribution in [1.82, 2.24) is 10.6 Å². The Bertz CT molecular complexity index is 972. The van der Waals surface area contributed by atoms with Gasteiger partial charge in [0.25, 0.3) is 0 Å². The number of carboxylic acids is 1. The Morgan fingerprint density at radius 1 is 1.00 bits per heavy atom. The predicted molar refractivity (Wildman–Crippen MR) is 126 cm³/mol. The van der Waals surface area contributed by atoms with Gasteiger partial charge in [-0.15, -0.1) is 0 Å². The SMILES string of the molecule is C[C@@H](NC(=O)OCC1c2ccccc2-c2ccccc21)C(=O)NCCC(C)(C)CCC(=O)O. The number of ether oxygens (including phenoxy) is 1. The molecule has 3 N–H and O–H groups in total. The molecular formula is C26H32N2O5. The van der Waals surface area contributed by atoms with E-state index in [1.54, 1.807) is 6.92 Å². The molecule has 2 amide bonds. The van der Waals surface area contributed by atoms with Crippen molar-refractivity contribution in [2.24, 2.45) is 5.41 Å². The minimum absolute atomic E-state index is 0.0414. The lowest BCUT2D eigenvalue weighted by molar-refractivity contribution is -0.137. The number of alkyl carbamates (subject to hydrolysis) is 1. The average Bonchev–Trinajstić information content (AvgIpc) is 3.10. The van der Waals surface area contributed by atoms with E-state index in [9.17, 15) is 14.4 Å². The van der Waals surface area contributed by atoms with Crippen molar-refractivity contribution in [3.05, 3.63) is 59.7 Å². The van der Waals surface area contributed by atoms with Gasteiger partial charge in [0.05, 0.1) is 0 Å². The smallest absolute Gasteiger partial charge is 0.407 e. The van der Waals surface area contributed by atoms with Gasteiger partial charge in [-0.1, -0.05) is 62.4 Å². The van der Waals surface area contributed by atoms with E-state index in [4.69, 9.17) is 9.84 Å². The predicted octanol–water partition coefficient (Wildman–Crippen LogP) is 4.31. The van der Waals surface area contributed by atoms with Crippen LogP contribution < -0.4 is 10.6 Å². The van der Waals surface area contributed by atoms with Crippen molar-refractivity contribution in [2.75, 3.05) is 13.2 Å². The maximum absolute atomic E-state index is 12.4. The molecule has 0 bridgehead atoms. The summed E-state index contributed by atoms with van der Waals surface area (Å²) in [5.41, 5.74) is 4.36. The van der Waals surface area contributed by atoms with E-state index in [2.05, 4.69) is 34.9 Å². The molecule has 7 heteroatoms. The fraction of sp³-hybridized carbons (Fsp3) is 0.423. The summed E-state index contributed by atoms with van der Waals surface area (Å²) in [7, 11) is 0. The molecule has 7 nitrogen and oxygen atoms in total. The van der Waals surface area contributed by atoms with Gasteiger partial charge in [-0.05, 0) is 47.4 Å². The second-order valence-electron chi connectivity index (χ2n) is 9.29. The molecule has 0 aliphatic heterocycles. The second kappa shape index (κ2) is 10.5. The third-order valence-corrected chi connectivity index (χ3v) is 6.19. The Morgan fingerprint density at radius 2 is 1.58 bits per heavy atom. The summed E-state index contributed by atoms with van der Waals surface area (Å²) in [6.45, 7) is 6.14. The van der Waals surface area contributed by atoms with Crippen LogP contribution >= 0.6 is 0 Å². The van der Waals surface area contributed by atoms with Crippen LogP contribution in [0.15, 0.2) is 48.5 Å². The van der Waals surface area contributed by atoms with Crippen molar-refractivity contribution in [1.29, 1.82) is 0 Å². The maximum atomic E-state index is 12.4. The first-order valence-corrected chi connectivity index (χ1v) is 11.3. The molecule has 0 saturated heterocycles. The highest BCUT2D eigenvalue weighted by atomic mass is 16.5. The second-order valence-corrected chi connectivity index (χ2v) is 9.29. The first kappa shape index (κ1) is 24.3. The Labute approximate surface area is 194 Å². The zero-order valence-corrected chi connectivity index (χ0v) is 19.4. The molecule has 0 fully saturated rings. The highest BCUT2D eigenvalue weighted by Crippen LogP contribution is 2.44.